The molecule has 0 radical (unpaired) electrons. The summed E-state index contributed by atoms with van der Waals surface area (Å²) in [5.41, 5.74) is 3.94. The van der Waals surface area contributed by atoms with Crippen molar-refractivity contribution in [2.45, 2.75) is 32.7 Å². The van der Waals surface area contributed by atoms with Crippen LogP contribution in [0.2, 0.25) is 10.0 Å². The normalized spacial score (nSPS) is 21.3. The van der Waals surface area contributed by atoms with Crippen molar-refractivity contribution in [2.75, 3.05) is 56.2 Å². The number of rotatable bonds is 6. The van der Waals surface area contributed by atoms with E-state index in [2.05, 4.69) is 29.4 Å². The van der Waals surface area contributed by atoms with Crippen molar-refractivity contribution >= 4 is 46.3 Å². The van der Waals surface area contributed by atoms with Crippen molar-refractivity contribution in [1.82, 2.24) is 10.2 Å². The number of amides is 1. The molecule has 0 bridgehead atoms. The fraction of sp³-hybridized carbons (Fsp3) is 0.448. The molecule has 2 aromatic rings. The summed E-state index contributed by atoms with van der Waals surface area (Å²) in [4.78, 5) is 31.4. The van der Waals surface area contributed by atoms with Gasteiger partial charge in [-0.25, -0.2) is 0 Å². The molecular formula is C29H34Cl2N4O3. The largest absolute Gasteiger partial charge is 0.379 e. The Hall–Kier alpha value is -2.58. The molecule has 0 saturated carbocycles. The monoisotopic (exact) mass is 556 g/mol. The SMILES string of the molecule is CC1(C)CC(=O)C2=C(C1)Nc1ccccc1N(CC(=O)NCCN1CCOCC1)C2c1ccc(Cl)c(Cl)c1. The van der Waals surface area contributed by atoms with E-state index in [-0.39, 0.29) is 23.7 Å². The van der Waals surface area contributed by atoms with Crippen LogP contribution in [0.1, 0.15) is 38.3 Å². The van der Waals surface area contributed by atoms with Gasteiger partial charge in [-0.3, -0.25) is 14.5 Å². The number of hydrogen-bond donors (Lipinski definition) is 2. The smallest absolute Gasteiger partial charge is 0.239 e. The van der Waals surface area contributed by atoms with Gasteiger partial charge < -0.3 is 20.3 Å². The molecule has 1 aliphatic carbocycles. The third-order valence-electron chi connectivity index (χ3n) is 7.43. The first kappa shape index (κ1) is 27.0. The van der Waals surface area contributed by atoms with Crippen molar-refractivity contribution < 1.29 is 14.3 Å². The third-order valence-corrected chi connectivity index (χ3v) is 8.17. The Labute approximate surface area is 234 Å². The highest BCUT2D eigenvalue weighted by atomic mass is 35.5. The number of fused-ring (bicyclic) bond motifs is 1. The number of carbonyl (C=O) groups excluding carboxylic acids is 2. The van der Waals surface area contributed by atoms with E-state index in [0.717, 1.165) is 61.9 Å². The number of carbonyl (C=O) groups is 2. The minimum Gasteiger partial charge on any atom is -0.379 e. The molecule has 2 N–H and O–H groups in total. The van der Waals surface area contributed by atoms with E-state index < -0.39 is 6.04 Å². The topological polar surface area (TPSA) is 73.9 Å². The first-order chi connectivity index (χ1) is 18.2. The number of ketones is 1. The average Bonchev–Trinajstić information content (AvgIpc) is 3.00. The summed E-state index contributed by atoms with van der Waals surface area (Å²) in [5, 5.41) is 7.51. The molecule has 9 heteroatoms. The maximum absolute atomic E-state index is 13.8. The lowest BCUT2D eigenvalue weighted by atomic mass is 9.73. The fourth-order valence-electron chi connectivity index (χ4n) is 5.65. The summed E-state index contributed by atoms with van der Waals surface area (Å²) in [5.74, 6) is -0.0314. The van der Waals surface area contributed by atoms with Gasteiger partial charge in [0.05, 0.1) is 47.2 Å². The molecule has 38 heavy (non-hydrogen) atoms. The van der Waals surface area contributed by atoms with Gasteiger partial charge in [-0.05, 0) is 41.7 Å². The molecule has 2 aliphatic heterocycles. The average molecular weight is 558 g/mol. The van der Waals surface area contributed by atoms with Crippen molar-refractivity contribution in [3.63, 3.8) is 0 Å². The van der Waals surface area contributed by atoms with Crippen LogP contribution in [0.4, 0.5) is 11.4 Å². The van der Waals surface area contributed by atoms with Gasteiger partial charge in [0.2, 0.25) is 5.91 Å². The zero-order valence-electron chi connectivity index (χ0n) is 21.9. The predicted octanol–water partition coefficient (Wildman–Crippen LogP) is 5.06. The number of Topliss-reactive ketones (excluding diaryl/α,β-unsaturated/α-hetero) is 1. The number of allylic oxidation sites excluding steroid dienone is 1. The number of halogens is 2. The lowest BCUT2D eigenvalue weighted by Gasteiger charge is -2.38. The van der Waals surface area contributed by atoms with Gasteiger partial charge in [0.1, 0.15) is 0 Å². The second-order valence-corrected chi connectivity index (χ2v) is 11.8. The quantitative estimate of drug-likeness (QED) is 0.518. The Bertz CT molecular complexity index is 1260. The lowest BCUT2D eigenvalue weighted by molar-refractivity contribution is -0.120. The Morgan fingerprint density at radius 2 is 1.87 bits per heavy atom. The molecule has 0 aromatic heterocycles. The van der Waals surface area contributed by atoms with E-state index in [0.29, 0.717) is 28.6 Å². The van der Waals surface area contributed by atoms with Crippen LogP contribution < -0.4 is 15.5 Å². The molecule has 3 aliphatic rings. The zero-order chi connectivity index (χ0) is 26.9. The Balaban J connectivity index is 1.51. The minimum atomic E-state index is -0.496. The number of nitrogens with zero attached hydrogens (tertiary/aromatic N) is 2. The van der Waals surface area contributed by atoms with Crippen LogP contribution >= 0.6 is 23.2 Å². The highest BCUT2D eigenvalue weighted by Gasteiger charge is 2.42. The van der Waals surface area contributed by atoms with Crippen LogP contribution in [0.3, 0.4) is 0 Å². The van der Waals surface area contributed by atoms with Crippen LogP contribution in [0.25, 0.3) is 0 Å². The number of nitrogens with one attached hydrogen (secondary N) is 2. The van der Waals surface area contributed by atoms with E-state index in [1.165, 1.54) is 0 Å². The van der Waals surface area contributed by atoms with Crippen LogP contribution in [-0.2, 0) is 14.3 Å². The van der Waals surface area contributed by atoms with Crippen LogP contribution in [0.15, 0.2) is 53.7 Å². The fourth-order valence-corrected chi connectivity index (χ4v) is 5.95. The number of morpholine rings is 1. The molecule has 5 rings (SSSR count). The lowest BCUT2D eigenvalue weighted by Crippen LogP contribution is -2.45. The molecule has 1 amide bonds. The number of para-hydroxylation sites is 2. The molecule has 1 saturated heterocycles. The standard InChI is InChI=1S/C29H34Cl2N4O3/c1-29(2)16-23-27(25(36)17-29)28(19-7-8-20(30)21(31)15-19)35(24-6-4-3-5-22(24)33-23)18-26(37)32-9-10-34-11-13-38-14-12-34/h3-8,15,28,33H,9-14,16-18H2,1-2H3,(H,32,37). The van der Waals surface area contributed by atoms with Gasteiger partial charge in [0.25, 0.3) is 0 Å². The first-order valence-corrected chi connectivity index (χ1v) is 13.9. The number of benzene rings is 2. The predicted molar refractivity (Wildman–Crippen MR) is 152 cm³/mol. The Kier molecular flexibility index (Phi) is 8.00. The molecular weight excluding hydrogens is 523 g/mol. The van der Waals surface area contributed by atoms with E-state index >= 15 is 0 Å². The molecule has 7 nitrogen and oxygen atoms in total. The molecule has 2 heterocycles. The Morgan fingerprint density at radius 1 is 1.11 bits per heavy atom. The van der Waals surface area contributed by atoms with Gasteiger partial charge in [-0.1, -0.05) is 55.2 Å². The third kappa shape index (κ3) is 5.86. The molecule has 202 valence electrons. The van der Waals surface area contributed by atoms with E-state index in [1.54, 1.807) is 6.07 Å². The van der Waals surface area contributed by atoms with Gasteiger partial charge in [0.15, 0.2) is 5.78 Å². The summed E-state index contributed by atoms with van der Waals surface area (Å²) in [7, 11) is 0. The molecule has 0 spiro atoms. The van der Waals surface area contributed by atoms with Crippen molar-refractivity contribution in [3.05, 3.63) is 69.3 Å². The van der Waals surface area contributed by atoms with E-state index in [4.69, 9.17) is 27.9 Å². The minimum absolute atomic E-state index is 0.0744. The highest BCUT2D eigenvalue weighted by molar-refractivity contribution is 6.42. The maximum Gasteiger partial charge on any atom is 0.239 e. The second kappa shape index (κ2) is 11.3. The molecule has 2 aromatic carbocycles. The summed E-state index contributed by atoms with van der Waals surface area (Å²) in [6.07, 6.45) is 1.15. The number of hydrogen-bond acceptors (Lipinski definition) is 6. The summed E-state index contributed by atoms with van der Waals surface area (Å²) in [6.45, 7) is 8.81. The maximum atomic E-state index is 13.8. The van der Waals surface area contributed by atoms with Gasteiger partial charge in [-0.15, -0.1) is 0 Å². The van der Waals surface area contributed by atoms with Gasteiger partial charge >= 0.3 is 0 Å². The van der Waals surface area contributed by atoms with Crippen LogP contribution in [0, 0.1) is 5.41 Å². The number of ether oxygens (including phenoxy) is 1. The van der Waals surface area contributed by atoms with Gasteiger partial charge in [0, 0.05) is 43.9 Å². The van der Waals surface area contributed by atoms with Crippen LogP contribution in [0.5, 0.6) is 0 Å². The summed E-state index contributed by atoms with van der Waals surface area (Å²) < 4.78 is 5.42. The highest BCUT2D eigenvalue weighted by Crippen LogP contribution is 2.48. The van der Waals surface area contributed by atoms with Crippen molar-refractivity contribution in [3.8, 4) is 0 Å². The molecule has 1 atom stereocenters. The molecule has 1 fully saturated rings. The number of anilines is 2. The second-order valence-electron chi connectivity index (χ2n) is 11.0. The Morgan fingerprint density at radius 3 is 2.63 bits per heavy atom. The van der Waals surface area contributed by atoms with Crippen LogP contribution in [-0.4, -0.2) is 62.5 Å². The first-order valence-electron chi connectivity index (χ1n) is 13.1. The zero-order valence-corrected chi connectivity index (χ0v) is 23.4. The molecule has 1 unspecified atom stereocenters. The van der Waals surface area contributed by atoms with Crippen molar-refractivity contribution in [1.29, 1.82) is 0 Å². The van der Waals surface area contributed by atoms with Gasteiger partial charge in [-0.2, -0.15) is 0 Å². The van der Waals surface area contributed by atoms with E-state index in [9.17, 15) is 9.59 Å². The van der Waals surface area contributed by atoms with E-state index in [1.807, 2.05) is 41.3 Å². The van der Waals surface area contributed by atoms with Crippen molar-refractivity contribution in [2.24, 2.45) is 5.41 Å². The summed E-state index contributed by atoms with van der Waals surface area (Å²) in [6, 6.07) is 12.9. The summed E-state index contributed by atoms with van der Waals surface area (Å²) >= 11 is 12.7.